The van der Waals surface area contributed by atoms with E-state index < -0.39 is 25.0 Å². The number of nitrogens with zero attached hydrogens (tertiary/aromatic N) is 2. The van der Waals surface area contributed by atoms with Crippen LogP contribution in [0.4, 0.5) is 8.78 Å². The molecule has 1 aromatic heterocycles. The zero-order chi connectivity index (χ0) is 21.3. The summed E-state index contributed by atoms with van der Waals surface area (Å²) in [6.45, 7) is 9.18. The van der Waals surface area contributed by atoms with Gasteiger partial charge in [-0.3, -0.25) is 9.59 Å². The first-order chi connectivity index (χ1) is 13.2. The van der Waals surface area contributed by atoms with Crippen LogP contribution in [0.2, 0.25) is 0 Å². The van der Waals surface area contributed by atoms with Crippen LogP contribution in [-0.2, 0) is 4.79 Å². The number of nitrogens with one attached hydrogen (secondary N) is 2. The highest BCUT2D eigenvalue weighted by molar-refractivity contribution is 5.93. The number of aliphatic imine (C=N–C) groups is 1. The summed E-state index contributed by atoms with van der Waals surface area (Å²) in [5.41, 5.74) is 1.33. The molecule has 1 unspecified atom stereocenters. The molecule has 1 atom stereocenters. The van der Waals surface area contributed by atoms with Crippen molar-refractivity contribution < 1.29 is 23.1 Å². The third-order valence-corrected chi connectivity index (χ3v) is 3.62. The predicted octanol–water partition coefficient (Wildman–Crippen LogP) is 2.78. The molecule has 0 aliphatic carbocycles. The van der Waals surface area contributed by atoms with E-state index in [1.165, 1.54) is 19.2 Å². The van der Waals surface area contributed by atoms with E-state index in [1.54, 1.807) is 32.9 Å². The Balaban J connectivity index is 2.87. The van der Waals surface area contributed by atoms with Gasteiger partial charge in [0.05, 0.1) is 12.2 Å². The van der Waals surface area contributed by atoms with Crippen LogP contribution in [0, 0.1) is 6.92 Å². The fraction of sp³-hybridized carbons (Fsp3) is 0.368. The highest BCUT2D eigenvalue weighted by atomic mass is 19.3. The molecule has 0 spiro atoms. The molecule has 0 bridgehead atoms. The van der Waals surface area contributed by atoms with E-state index in [9.17, 15) is 18.4 Å². The number of alkyl halides is 2. The Morgan fingerprint density at radius 2 is 2.11 bits per heavy atom. The lowest BCUT2D eigenvalue weighted by Gasteiger charge is -2.16. The Kier molecular flexibility index (Phi) is 8.94. The number of ether oxygens (including phenoxy) is 1. The average Bonchev–Trinajstić information content (AvgIpc) is 2.63. The van der Waals surface area contributed by atoms with Gasteiger partial charge in [0.2, 0.25) is 5.91 Å². The number of carbonyl (C=O) groups is 2. The maximum absolute atomic E-state index is 12.5. The number of amides is 2. The van der Waals surface area contributed by atoms with E-state index in [0.29, 0.717) is 11.1 Å². The standard InChI is InChI=1S/C19H24F2N4O3/c1-6-14(8-18(22-5)25-13(4)26)12(3)24-19(27)15-7-11(2)16(9-23-15)28-10-17(20)21/h6-9,12,17H,5,10H2,1-4H3,(H,24,27)(H,25,26)/b14-6+,18-8+. The molecule has 1 aromatic rings. The molecule has 152 valence electrons. The number of aromatic nitrogens is 1. The summed E-state index contributed by atoms with van der Waals surface area (Å²) in [6, 6.07) is 1.04. The summed E-state index contributed by atoms with van der Waals surface area (Å²) in [4.78, 5) is 31.3. The first kappa shape index (κ1) is 22.9. The Bertz CT molecular complexity index is 791. The molecular weight excluding hydrogens is 370 g/mol. The fourth-order valence-electron chi connectivity index (χ4n) is 2.24. The van der Waals surface area contributed by atoms with E-state index in [4.69, 9.17) is 4.74 Å². The van der Waals surface area contributed by atoms with E-state index in [1.807, 2.05) is 0 Å². The molecule has 0 aliphatic rings. The highest BCUT2D eigenvalue weighted by Gasteiger charge is 2.16. The van der Waals surface area contributed by atoms with Crippen molar-refractivity contribution in [1.82, 2.24) is 15.6 Å². The lowest BCUT2D eigenvalue weighted by Crippen LogP contribution is -2.34. The lowest BCUT2D eigenvalue weighted by molar-refractivity contribution is -0.118. The van der Waals surface area contributed by atoms with Gasteiger partial charge in [0, 0.05) is 6.92 Å². The van der Waals surface area contributed by atoms with Gasteiger partial charge in [0.15, 0.2) is 0 Å². The van der Waals surface area contributed by atoms with Crippen molar-refractivity contribution in [2.45, 2.75) is 40.2 Å². The van der Waals surface area contributed by atoms with Crippen molar-refractivity contribution in [2.24, 2.45) is 4.99 Å². The van der Waals surface area contributed by atoms with Gasteiger partial charge in [-0.2, -0.15) is 0 Å². The first-order valence-corrected chi connectivity index (χ1v) is 8.48. The summed E-state index contributed by atoms with van der Waals surface area (Å²) in [5.74, 6) is -0.286. The molecule has 1 heterocycles. The van der Waals surface area contributed by atoms with Gasteiger partial charge in [0.1, 0.15) is 23.9 Å². The van der Waals surface area contributed by atoms with Crippen molar-refractivity contribution in [2.75, 3.05) is 6.61 Å². The summed E-state index contributed by atoms with van der Waals surface area (Å²) in [6.07, 6.45) is 2.00. The number of hydrogen-bond acceptors (Lipinski definition) is 5. The fourth-order valence-corrected chi connectivity index (χ4v) is 2.24. The molecule has 0 saturated carbocycles. The van der Waals surface area contributed by atoms with Crippen LogP contribution < -0.4 is 15.4 Å². The SMILES string of the molecule is C=N/C(=C\C(=C/C)C(C)NC(=O)c1cc(C)c(OCC(F)F)cn1)NC(C)=O. The van der Waals surface area contributed by atoms with Crippen LogP contribution in [0.15, 0.2) is 40.8 Å². The van der Waals surface area contributed by atoms with E-state index in [-0.39, 0.29) is 23.2 Å². The zero-order valence-electron chi connectivity index (χ0n) is 16.3. The number of allylic oxidation sites excluding steroid dienone is 1. The third kappa shape index (κ3) is 7.26. The number of aryl methyl sites for hydroxylation is 1. The van der Waals surface area contributed by atoms with Crippen LogP contribution in [0.25, 0.3) is 0 Å². The molecule has 28 heavy (non-hydrogen) atoms. The minimum Gasteiger partial charge on any atom is -0.486 e. The molecule has 2 N–H and O–H groups in total. The molecule has 9 heteroatoms. The van der Waals surface area contributed by atoms with Crippen LogP contribution >= 0.6 is 0 Å². The largest absolute Gasteiger partial charge is 0.486 e. The Hall–Kier alpha value is -3.10. The number of hydrogen-bond donors (Lipinski definition) is 2. The minimum atomic E-state index is -2.59. The summed E-state index contributed by atoms with van der Waals surface area (Å²) in [5, 5.41) is 5.30. The topological polar surface area (TPSA) is 92.7 Å². The molecule has 0 aliphatic heterocycles. The molecule has 1 rings (SSSR count). The van der Waals surface area contributed by atoms with Gasteiger partial charge in [-0.05, 0) is 50.8 Å². The van der Waals surface area contributed by atoms with E-state index in [0.717, 1.165) is 0 Å². The zero-order valence-corrected chi connectivity index (χ0v) is 16.3. The van der Waals surface area contributed by atoms with Gasteiger partial charge in [-0.25, -0.2) is 18.8 Å². The monoisotopic (exact) mass is 394 g/mol. The smallest absolute Gasteiger partial charge is 0.272 e. The molecule has 0 radical (unpaired) electrons. The van der Waals surface area contributed by atoms with Crippen molar-refractivity contribution >= 4 is 18.5 Å². The molecule has 0 saturated heterocycles. The van der Waals surface area contributed by atoms with Gasteiger partial charge >= 0.3 is 0 Å². The molecular formula is C19H24F2N4O3. The summed E-state index contributed by atoms with van der Waals surface area (Å²) >= 11 is 0. The maximum atomic E-state index is 12.5. The first-order valence-electron chi connectivity index (χ1n) is 8.48. The second kappa shape index (κ2) is 10.9. The highest BCUT2D eigenvalue weighted by Crippen LogP contribution is 2.18. The van der Waals surface area contributed by atoms with Crippen molar-refractivity contribution in [3.63, 3.8) is 0 Å². The molecule has 0 aromatic carbocycles. The van der Waals surface area contributed by atoms with Crippen LogP contribution in [0.3, 0.4) is 0 Å². The normalized spacial score (nSPS) is 13.1. The second-order valence-electron chi connectivity index (χ2n) is 5.89. The molecule has 2 amide bonds. The van der Waals surface area contributed by atoms with Gasteiger partial charge < -0.3 is 15.4 Å². The number of halogens is 2. The Morgan fingerprint density at radius 3 is 2.61 bits per heavy atom. The third-order valence-electron chi connectivity index (χ3n) is 3.62. The number of carbonyl (C=O) groups excluding carboxylic acids is 2. The van der Waals surface area contributed by atoms with Crippen LogP contribution in [-0.4, -0.2) is 42.6 Å². The Labute approximate surface area is 162 Å². The average molecular weight is 394 g/mol. The Morgan fingerprint density at radius 1 is 1.43 bits per heavy atom. The van der Waals surface area contributed by atoms with Crippen molar-refractivity contribution in [3.8, 4) is 5.75 Å². The quantitative estimate of drug-likeness (QED) is 0.498. The summed E-state index contributed by atoms with van der Waals surface area (Å²) < 4.78 is 29.4. The van der Waals surface area contributed by atoms with Gasteiger partial charge in [0.25, 0.3) is 12.3 Å². The predicted molar refractivity (Wildman–Crippen MR) is 103 cm³/mol. The van der Waals surface area contributed by atoms with Crippen LogP contribution in [0.1, 0.15) is 36.8 Å². The van der Waals surface area contributed by atoms with Crippen molar-refractivity contribution in [3.05, 3.63) is 47.1 Å². The number of pyridine rings is 1. The second-order valence-corrected chi connectivity index (χ2v) is 5.89. The maximum Gasteiger partial charge on any atom is 0.272 e. The van der Waals surface area contributed by atoms with Crippen molar-refractivity contribution in [1.29, 1.82) is 0 Å². The van der Waals surface area contributed by atoms with Gasteiger partial charge in [-0.1, -0.05) is 6.08 Å². The molecule has 7 nitrogen and oxygen atoms in total. The summed E-state index contributed by atoms with van der Waals surface area (Å²) in [7, 11) is 0. The van der Waals surface area contributed by atoms with Gasteiger partial charge in [-0.15, -0.1) is 0 Å². The minimum absolute atomic E-state index is 0.122. The van der Waals surface area contributed by atoms with Crippen LogP contribution in [0.5, 0.6) is 5.75 Å². The van der Waals surface area contributed by atoms with E-state index in [2.05, 4.69) is 27.3 Å². The molecule has 0 fully saturated rings. The van der Waals surface area contributed by atoms with E-state index >= 15 is 0 Å². The number of rotatable bonds is 9. The lowest BCUT2D eigenvalue weighted by atomic mass is 10.1.